The van der Waals surface area contributed by atoms with Crippen molar-refractivity contribution in [3.63, 3.8) is 0 Å². The first-order valence-corrected chi connectivity index (χ1v) is 7.18. The van der Waals surface area contributed by atoms with E-state index in [0.717, 1.165) is 23.5 Å². The number of hydrogen-bond donors (Lipinski definition) is 0. The van der Waals surface area contributed by atoms with Gasteiger partial charge in [-0.1, -0.05) is 13.8 Å². The molecule has 19 heavy (non-hydrogen) atoms. The zero-order chi connectivity index (χ0) is 13.4. The molecule has 0 saturated carbocycles. The van der Waals surface area contributed by atoms with Crippen LogP contribution < -0.4 is 0 Å². The molecule has 3 rings (SSSR count). The van der Waals surface area contributed by atoms with Gasteiger partial charge in [0, 0.05) is 24.7 Å². The van der Waals surface area contributed by atoms with Gasteiger partial charge in [-0.15, -0.1) is 0 Å². The van der Waals surface area contributed by atoms with Gasteiger partial charge < -0.3 is 9.47 Å². The first-order chi connectivity index (χ1) is 9.16. The molecule has 0 amide bonds. The van der Waals surface area contributed by atoms with Gasteiger partial charge in [0.15, 0.2) is 5.65 Å². The second-order valence-corrected chi connectivity index (χ2v) is 5.86. The Morgan fingerprint density at radius 1 is 1.42 bits per heavy atom. The summed E-state index contributed by atoms with van der Waals surface area (Å²) >= 11 is 0. The maximum Gasteiger partial charge on any atom is 0.160 e. The number of likely N-dealkylation sites (tertiary alicyclic amines) is 1. The van der Waals surface area contributed by atoms with Gasteiger partial charge in [0.1, 0.15) is 11.3 Å². The molecule has 0 aromatic carbocycles. The molecule has 1 fully saturated rings. The molecule has 2 aromatic rings. The summed E-state index contributed by atoms with van der Waals surface area (Å²) in [4.78, 5) is 11.8. The Labute approximate surface area is 114 Å². The molecule has 0 N–H and O–H groups in total. The quantitative estimate of drug-likeness (QED) is 0.848. The Morgan fingerprint density at radius 3 is 2.95 bits per heavy atom. The van der Waals surface area contributed by atoms with Crippen LogP contribution in [0.4, 0.5) is 0 Å². The number of rotatable bonds is 3. The summed E-state index contributed by atoms with van der Waals surface area (Å²) in [7, 11) is 2.22. The van der Waals surface area contributed by atoms with E-state index in [0.29, 0.717) is 12.0 Å². The van der Waals surface area contributed by atoms with Crippen LogP contribution in [0.5, 0.6) is 0 Å². The molecule has 3 heterocycles. The minimum absolute atomic E-state index is 0.431. The molecule has 1 aliphatic rings. The van der Waals surface area contributed by atoms with E-state index in [4.69, 9.17) is 4.98 Å². The van der Waals surface area contributed by atoms with Crippen molar-refractivity contribution in [3.8, 4) is 0 Å². The SMILES string of the molecule is CC(C)c1nc2cccnc2n1CC1CCCN1C. The lowest BCUT2D eigenvalue weighted by Gasteiger charge is -2.21. The van der Waals surface area contributed by atoms with Crippen LogP contribution >= 0.6 is 0 Å². The van der Waals surface area contributed by atoms with Crippen LogP contribution in [0, 0.1) is 0 Å². The zero-order valence-corrected chi connectivity index (χ0v) is 12.0. The smallest absolute Gasteiger partial charge is 0.160 e. The van der Waals surface area contributed by atoms with Gasteiger partial charge in [-0.05, 0) is 38.6 Å². The molecule has 0 aliphatic carbocycles. The second-order valence-electron chi connectivity index (χ2n) is 5.86. The van der Waals surface area contributed by atoms with Crippen molar-refractivity contribution < 1.29 is 0 Å². The Kier molecular flexibility index (Phi) is 3.27. The zero-order valence-electron chi connectivity index (χ0n) is 12.0. The highest BCUT2D eigenvalue weighted by molar-refractivity contribution is 5.71. The van der Waals surface area contributed by atoms with Crippen LogP contribution in [0.2, 0.25) is 0 Å². The summed E-state index contributed by atoms with van der Waals surface area (Å²) in [6.45, 7) is 6.63. The van der Waals surface area contributed by atoms with Gasteiger partial charge in [-0.3, -0.25) is 0 Å². The fourth-order valence-corrected chi connectivity index (χ4v) is 3.02. The Balaban J connectivity index is 2.02. The number of aromatic nitrogens is 3. The Hall–Kier alpha value is -1.42. The topological polar surface area (TPSA) is 34.0 Å². The summed E-state index contributed by atoms with van der Waals surface area (Å²) in [6.07, 6.45) is 4.45. The lowest BCUT2D eigenvalue weighted by atomic mass is 10.2. The van der Waals surface area contributed by atoms with Crippen LogP contribution in [0.3, 0.4) is 0 Å². The lowest BCUT2D eigenvalue weighted by molar-refractivity contribution is 0.281. The van der Waals surface area contributed by atoms with E-state index in [2.05, 4.69) is 41.4 Å². The number of imidazole rings is 1. The van der Waals surface area contributed by atoms with E-state index in [1.165, 1.54) is 19.4 Å². The first-order valence-electron chi connectivity index (χ1n) is 7.18. The maximum atomic E-state index is 4.76. The van der Waals surface area contributed by atoms with E-state index < -0.39 is 0 Å². The molecule has 1 saturated heterocycles. The molecule has 102 valence electrons. The van der Waals surface area contributed by atoms with Gasteiger partial charge in [0.05, 0.1) is 0 Å². The standard InChI is InChI=1S/C15H22N4/c1-11(2)14-17-13-7-4-8-16-15(13)19(14)10-12-6-5-9-18(12)3/h4,7-8,11-12H,5-6,9-10H2,1-3H3. The molecule has 4 heteroatoms. The van der Waals surface area contributed by atoms with Crippen molar-refractivity contribution in [2.75, 3.05) is 13.6 Å². The third-order valence-corrected chi connectivity index (χ3v) is 4.11. The average molecular weight is 258 g/mol. The summed E-state index contributed by atoms with van der Waals surface area (Å²) in [5, 5.41) is 0. The molecule has 0 radical (unpaired) electrons. The molecule has 1 aliphatic heterocycles. The van der Waals surface area contributed by atoms with Gasteiger partial charge in [-0.2, -0.15) is 0 Å². The number of hydrogen-bond acceptors (Lipinski definition) is 3. The minimum Gasteiger partial charge on any atom is -0.311 e. The second kappa shape index (κ2) is 4.93. The highest BCUT2D eigenvalue weighted by atomic mass is 15.2. The fourth-order valence-electron chi connectivity index (χ4n) is 3.02. The predicted molar refractivity (Wildman–Crippen MR) is 77.3 cm³/mol. The number of fused-ring (bicyclic) bond motifs is 1. The third-order valence-electron chi connectivity index (χ3n) is 4.11. The van der Waals surface area contributed by atoms with E-state index in [9.17, 15) is 0 Å². The third kappa shape index (κ3) is 2.25. The first kappa shape index (κ1) is 12.6. The van der Waals surface area contributed by atoms with Crippen molar-refractivity contribution in [1.82, 2.24) is 19.4 Å². The summed E-state index contributed by atoms with van der Waals surface area (Å²) in [6, 6.07) is 4.64. The van der Waals surface area contributed by atoms with Crippen LogP contribution in [-0.4, -0.2) is 39.1 Å². The van der Waals surface area contributed by atoms with E-state index in [1.54, 1.807) is 0 Å². The van der Waals surface area contributed by atoms with Gasteiger partial charge in [-0.25, -0.2) is 9.97 Å². The van der Waals surface area contributed by atoms with E-state index in [1.807, 2.05) is 12.3 Å². The van der Waals surface area contributed by atoms with Crippen molar-refractivity contribution in [3.05, 3.63) is 24.2 Å². The van der Waals surface area contributed by atoms with E-state index >= 15 is 0 Å². The minimum atomic E-state index is 0.431. The molecule has 1 atom stereocenters. The van der Waals surface area contributed by atoms with E-state index in [-0.39, 0.29) is 0 Å². The largest absolute Gasteiger partial charge is 0.311 e. The van der Waals surface area contributed by atoms with Gasteiger partial charge in [0.25, 0.3) is 0 Å². The Morgan fingerprint density at radius 2 is 2.26 bits per heavy atom. The fraction of sp³-hybridized carbons (Fsp3) is 0.600. The maximum absolute atomic E-state index is 4.76. The number of pyridine rings is 1. The summed E-state index contributed by atoms with van der Waals surface area (Å²) < 4.78 is 2.33. The van der Waals surface area contributed by atoms with Crippen LogP contribution in [0.25, 0.3) is 11.2 Å². The number of likely N-dealkylation sites (N-methyl/N-ethyl adjacent to an activating group) is 1. The predicted octanol–water partition coefficient (Wildman–Crippen LogP) is 2.65. The molecule has 4 nitrogen and oxygen atoms in total. The summed E-state index contributed by atoms with van der Waals surface area (Å²) in [5.41, 5.74) is 2.05. The molecule has 0 spiro atoms. The van der Waals surface area contributed by atoms with Gasteiger partial charge in [0.2, 0.25) is 0 Å². The average Bonchev–Trinajstić information content (AvgIpc) is 2.95. The normalized spacial score (nSPS) is 20.7. The monoisotopic (exact) mass is 258 g/mol. The van der Waals surface area contributed by atoms with Gasteiger partial charge >= 0.3 is 0 Å². The highest BCUT2D eigenvalue weighted by Crippen LogP contribution is 2.24. The molecular weight excluding hydrogens is 236 g/mol. The molecule has 0 bridgehead atoms. The highest BCUT2D eigenvalue weighted by Gasteiger charge is 2.24. The van der Waals surface area contributed by atoms with Crippen molar-refractivity contribution in [2.24, 2.45) is 0 Å². The summed E-state index contributed by atoms with van der Waals surface area (Å²) in [5.74, 6) is 1.59. The van der Waals surface area contributed by atoms with Crippen molar-refractivity contribution in [2.45, 2.75) is 45.2 Å². The van der Waals surface area contributed by atoms with Crippen molar-refractivity contribution >= 4 is 11.2 Å². The van der Waals surface area contributed by atoms with Crippen molar-refractivity contribution in [1.29, 1.82) is 0 Å². The van der Waals surface area contributed by atoms with Crippen LogP contribution in [0.15, 0.2) is 18.3 Å². The van der Waals surface area contributed by atoms with Crippen LogP contribution in [0.1, 0.15) is 38.4 Å². The lowest BCUT2D eigenvalue weighted by Crippen LogP contribution is -2.30. The molecular formula is C15H22N4. The molecule has 1 unspecified atom stereocenters. The molecule has 2 aromatic heterocycles. The number of nitrogens with zero attached hydrogens (tertiary/aromatic N) is 4. The Bertz CT molecular complexity index is 573. The van der Waals surface area contributed by atoms with Crippen LogP contribution in [-0.2, 0) is 6.54 Å².